The van der Waals surface area contributed by atoms with Crippen LogP contribution < -0.4 is 16.0 Å². The van der Waals surface area contributed by atoms with Crippen LogP contribution in [0.1, 0.15) is 82.2 Å². The molecule has 0 unspecified atom stereocenters. The van der Waals surface area contributed by atoms with Crippen molar-refractivity contribution < 1.29 is 14.4 Å². The van der Waals surface area contributed by atoms with E-state index >= 15 is 0 Å². The molecule has 1 aromatic carbocycles. The lowest BCUT2D eigenvalue weighted by Crippen LogP contribution is -2.55. The largest absolute Gasteiger partial charge is 0.350 e. The molecule has 1 saturated carbocycles. The number of fused-ring (bicyclic) bond motifs is 1. The van der Waals surface area contributed by atoms with Gasteiger partial charge in [0.2, 0.25) is 17.7 Å². The van der Waals surface area contributed by atoms with Gasteiger partial charge in [0.25, 0.3) is 0 Å². The molecule has 220 valence electrons. The highest BCUT2D eigenvalue weighted by Gasteiger charge is 2.30. The molecule has 1 aliphatic carbocycles. The Labute approximate surface area is 243 Å². The summed E-state index contributed by atoms with van der Waals surface area (Å²) in [4.78, 5) is 45.6. The zero-order valence-corrected chi connectivity index (χ0v) is 25.7. The SMILES string of the molecule is C=C(CCN(C)C)C(=O)NC[C@@H](NC(=O)[C@H](Cc1nc2ccc(C(C)C)cc2s1)NC(=O)CC)C1CCCCC1. The lowest BCUT2D eigenvalue weighted by molar-refractivity contribution is -0.129. The van der Waals surface area contributed by atoms with Gasteiger partial charge in [-0.05, 0) is 62.9 Å². The van der Waals surface area contributed by atoms with Crippen LogP contribution in [-0.4, -0.2) is 66.9 Å². The number of amides is 3. The third-order valence-electron chi connectivity index (χ3n) is 7.69. The summed E-state index contributed by atoms with van der Waals surface area (Å²) >= 11 is 1.57. The van der Waals surface area contributed by atoms with Crippen LogP contribution in [0.5, 0.6) is 0 Å². The number of nitrogens with one attached hydrogen (secondary N) is 3. The molecule has 0 aliphatic heterocycles. The normalized spacial score (nSPS) is 15.7. The van der Waals surface area contributed by atoms with Crippen LogP contribution in [-0.2, 0) is 20.8 Å². The van der Waals surface area contributed by atoms with Crippen LogP contribution in [0.15, 0.2) is 30.4 Å². The number of aromatic nitrogens is 1. The molecule has 0 saturated heterocycles. The third-order valence-corrected chi connectivity index (χ3v) is 8.73. The number of thiazole rings is 1. The first-order valence-electron chi connectivity index (χ1n) is 14.7. The smallest absolute Gasteiger partial charge is 0.246 e. The molecular formula is C31H47N5O3S. The Bertz CT molecular complexity index is 1170. The van der Waals surface area contributed by atoms with Crippen LogP contribution in [0.25, 0.3) is 10.2 Å². The van der Waals surface area contributed by atoms with Crippen LogP contribution >= 0.6 is 11.3 Å². The van der Waals surface area contributed by atoms with Gasteiger partial charge in [-0.15, -0.1) is 11.3 Å². The van der Waals surface area contributed by atoms with Gasteiger partial charge >= 0.3 is 0 Å². The van der Waals surface area contributed by atoms with Crippen LogP contribution in [0, 0.1) is 5.92 Å². The fourth-order valence-corrected chi connectivity index (χ4v) is 6.13. The maximum absolute atomic E-state index is 13.7. The van der Waals surface area contributed by atoms with Crippen molar-refractivity contribution in [3.63, 3.8) is 0 Å². The molecule has 1 heterocycles. The summed E-state index contributed by atoms with van der Waals surface area (Å²) in [6, 6.07) is 5.32. The molecule has 0 radical (unpaired) electrons. The quantitative estimate of drug-likeness (QED) is 0.290. The van der Waals surface area contributed by atoms with Crippen LogP contribution in [0.2, 0.25) is 0 Å². The van der Waals surface area contributed by atoms with Crippen molar-refractivity contribution in [3.8, 4) is 0 Å². The van der Waals surface area contributed by atoms with Crippen molar-refractivity contribution in [2.24, 2.45) is 5.92 Å². The van der Waals surface area contributed by atoms with Crippen molar-refractivity contribution in [3.05, 3.63) is 40.9 Å². The minimum absolute atomic E-state index is 0.178. The maximum Gasteiger partial charge on any atom is 0.246 e. The fraction of sp³-hybridized carbons (Fsp3) is 0.613. The number of nitrogens with zero attached hydrogens (tertiary/aromatic N) is 2. The molecule has 2 aromatic rings. The fourth-order valence-electron chi connectivity index (χ4n) is 5.07. The standard InChI is InChI=1S/C31H47N5O3S/c1-7-28(37)33-25(18-29-34-24-14-13-23(20(2)3)17-27(24)40-29)31(39)35-26(22-11-9-8-10-12-22)19-32-30(38)21(4)15-16-36(5)6/h13-14,17,20,22,25-26H,4,7-12,15-16,18-19H2,1-3,5-6H3,(H,32,38)(H,33,37)(H,35,39)/t25-,26+/m0/s1. The number of benzene rings is 1. The Hall–Kier alpha value is -2.78. The first kappa shape index (κ1) is 31.7. The lowest BCUT2D eigenvalue weighted by Gasteiger charge is -2.32. The Morgan fingerprint density at radius 3 is 2.50 bits per heavy atom. The van der Waals surface area contributed by atoms with Crippen molar-refractivity contribution in [2.45, 2.75) is 90.1 Å². The van der Waals surface area contributed by atoms with E-state index in [0.717, 1.165) is 47.5 Å². The van der Waals surface area contributed by atoms with Gasteiger partial charge in [-0.1, -0.05) is 52.7 Å². The summed E-state index contributed by atoms with van der Waals surface area (Å²) in [6.45, 7) is 11.1. The lowest BCUT2D eigenvalue weighted by atomic mass is 9.83. The van der Waals surface area contributed by atoms with E-state index in [1.807, 2.05) is 25.1 Å². The molecule has 1 aliphatic rings. The van der Waals surface area contributed by atoms with Gasteiger partial charge in [-0.3, -0.25) is 14.4 Å². The molecule has 3 amide bonds. The first-order chi connectivity index (χ1) is 19.1. The van der Waals surface area contributed by atoms with E-state index in [-0.39, 0.29) is 29.7 Å². The van der Waals surface area contributed by atoms with Gasteiger partial charge < -0.3 is 20.9 Å². The summed E-state index contributed by atoms with van der Waals surface area (Å²) in [7, 11) is 3.93. The Kier molecular flexibility index (Phi) is 12.1. The van der Waals surface area contributed by atoms with Crippen molar-refractivity contribution in [1.82, 2.24) is 25.8 Å². The molecule has 9 heteroatoms. The summed E-state index contributed by atoms with van der Waals surface area (Å²) in [5.41, 5.74) is 2.69. The highest BCUT2D eigenvalue weighted by molar-refractivity contribution is 7.18. The van der Waals surface area contributed by atoms with Gasteiger partial charge in [-0.2, -0.15) is 0 Å². The monoisotopic (exact) mass is 569 g/mol. The highest BCUT2D eigenvalue weighted by Crippen LogP contribution is 2.28. The topological polar surface area (TPSA) is 103 Å². The zero-order chi connectivity index (χ0) is 29.2. The minimum atomic E-state index is -0.741. The van der Waals surface area contributed by atoms with E-state index in [4.69, 9.17) is 4.98 Å². The summed E-state index contributed by atoms with van der Waals surface area (Å²) in [5, 5.41) is 9.95. The van der Waals surface area contributed by atoms with E-state index in [1.165, 1.54) is 12.0 Å². The molecule has 8 nitrogen and oxygen atoms in total. The molecule has 2 atom stereocenters. The van der Waals surface area contributed by atoms with Crippen LogP contribution in [0.4, 0.5) is 0 Å². The van der Waals surface area contributed by atoms with E-state index in [9.17, 15) is 14.4 Å². The maximum atomic E-state index is 13.7. The predicted octanol–water partition coefficient (Wildman–Crippen LogP) is 4.55. The summed E-state index contributed by atoms with van der Waals surface area (Å²) in [6.07, 6.45) is 6.62. The van der Waals surface area contributed by atoms with E-state index in [0.29, 0.717) is 37.3 Å². The first-order valence-corrected chi connectivity index (χ1v) is 15.5. The summed E-state index contributed by atoms with van der Waals surface area (Å²) in [5.74, 6) is 0.0957. The molecule has 3 N–H and O–H groups in total. The molecule has 0 spiro atoms. The number of carbonyl (C=O) groups excluding carboxylic acids is 3. The van der Waals surface area contributed by atoms with E-state index < -0.39 is 6.04 Å². The third kappa shape index (κ3) is 9.41. The molecule has 0 bridgehead atoms. The van der Waals surface area contributed by atoms with E-state index in [1.54, 1.807) is 18.3 Å². The predicted molar refractivity (Wildman–Crippen MR) is 163 cm³/mol. The summed E-state index contributed by atoms with van der Waals surface area (Å²) < 4.78 is 1.08. The second-order valence-corrected chi connectivity index (χ2v) is 12.7. The van der Waals surface area contributed by atoms with Crippen LogP contribution in [0.3, 0.4) is 0 Å². The Balaban J connectivity index is 1.74. The molecule has 1 aromatic heterocycles. The van der Waals surface area contributed by atoms with Gasteiger partial charge in [-0.25, -0.2) is 4.98 Å². The number of hydrogen-bond donors (Lipinski definition) is 3. The van der Waals surface area contributed by atoms with Gasteiger partial charge in [0.1, 0.15) is 6.04 Å². The molecule has 3 rings (SSSR count). The second-order valence-electron chi connectivity index (χ2n) is 11.5. The average Bonchev–Trinajstić information content (AvgIpc) is 3.35. The number of hydrogen-bond acceptors (Lipinski definition) is 6. The number of carbonyl (C=O) groups is 3. The van der Waals surface area contributed by atoms with Crippen molar-refractivity contribution in [1.29, 1.82) is 0 Å². The number of rotatable bonds is 14. The Morgan fingerprint density at radius 2 is 1.85 bits per heavy atom. The zero-order valence-electron chi connectivity index (χ0n) is 24.8. The molecule has 1 fully saturated rings. The van der Waals surface area contributed by atoms with Gasteiger partial charge in [0, 0.05) is 37.5 Å². The Morgan fingerprint density at radius 1 is 1.12 bits per heavy atom. The highest BCUT2D eigenvalue weighted by atomic mass is 32.1. The minimum Gasteiger partial charge on any atom is -0.350 e. The van der Waals surface area contributed by atoms with Crippen molar-refractivity contribution in [2.75, 3.05) is 27.2 Å². The second kappa shape index (κ2) is 15.3. The van der Waals surface area contributed by atoms with Gasteiger partial charge in [0.15, 0.2) is 0 Å². The van der Waals surface area contributed by atoms with Gasteiger partial charge in [0.05, 0.1) is 15.2 Å². The average molecular weight is 570 g/mol. The van der Waals surface area contributed by atoms with Crippen molar-refractivity contribution >= 4 is 39.3 Å². The molecular weight excluding hydrogens is 522 g/mol. The van der Waals surface area contributed by atoms with E-state index in [2.05, 4.69) is 48.5 Å². The molecule has 40 heavy (non-hydrogen) atoms.